The van der Waals surface area contributed by atoms with Crippen molar-refractivity contribution in [3.05, 3.63) is 29.3 Å². The van der Waals surface area contributed by atoms with Crippen molar-refractivity contribution >= 4 is 11.6 Å². The molecular weight excluding hydrogens is 224 g/mol. The van der Waals surface area contributed by atoms with Gasteiger partial charge in [0.15, 0.2) is 0 Å². The van der Waals surface area contributed by atoms with Crippen LogP contribution in [0.25, 0.3) is 0 Å². The number of rotatable bonds is 3. The molecule has 1 saturated carbocycles. The van der Waals surface area contributed by atoms with Crippen LogP contribution in [0.2, 0.25) is 0 Å². The quantitative estimate of drug-likeness (QED) is 0.882. The smallest absolute Gasteiger partial charge is 0.239 e. The first kappa shape index (κ1) is 11.6. The maximum absolute atomic E-state index is 11.9. The highest BCUT2D eigenvalue weighted by molar-refractivity contribution is 5.82. The van der Waals surface area contributed by atoms with Crippen LogP contribution in [-0.2, 0) is 11.2 Å². The minimum absolute atomic E-state index is 0.172. The van der Waals surface area contributed by atoms with Crippen LogP contribution in [0.5, 0.6) is 0 Å². The number of aryl methyl sites for hydroxylation is 2. The van der Waals surface area contributed by atoms with Gasteiger partial charge in [0.25, 0.3) is 0 Å². The summed E-state index contributed by atoms with van der Waals surface area (Å²) in [4.78, 5) is 14.1. The Bertz CT molecular complexity index is 466. The molecule has 0 saturated heterocycles. The molecule has 1 aliphatic heterocycles. The molecule has 2 aliphatic rings. The van der Waals surface area contributed by atoms with E-state index in [1.165, 1.54) is 16.8 Å². The van der Waals surface area contributed by atoms with Gasteiger partial charge in [-0.15, -0.1) is 0 Å². The normalized spacial score (nSPS) is 18.4. The van der Waals surface area contributed by atoms with Crippen molar-refractivity contribution in [3.63, 3.8) is 0 Å². The molecule has 0 aromatic heterocycles. The van der Waals surface area contributed by atoms with Crippen LogP contribution in [0.1, 0.15) is 30.4 Å². The number of anilines is 1. The van der Waals surface area contributed by atoms with Crippen molar-refractivity contribution in [2.24, 2.45) is 0 Å². The average molecular weight is 244 g/mol. The summed E-state index contributed by atoms with van der Waals surface area (Å²) in [5.41, 5.74) is 3.94. The topological polar surface area (TPSA) is 32.3 Å². The third kappa shape index (κ3) is 2.50. The van der Waals surface area contributed by atoms with Crippen LogP contribution in [0.15, 0.2) is 18.2 Å². The van der Waals surface area contributed by atoms with Gasteiger partial charge in [0.1, 0.15) is 0 Å². The summed E-state index contributed by atoms with van der Waals surface area (Å²) >= 11 is 0. The molecule has 96 valence electrons. The maximum atomic E-state index is 11.9. The Balaban J connectivity index is 1.72. The van der Waals surface area contributed by atoms with Crippen LogP contribution in [0, 0.1) is 6.92 Å². The van der Waals surface area contributed by atoms with Crippen molar-refractivity contribution < 1.29 is 4.79 Å². The molecule has 1 amide bonds. The Labute approximate surface area is 108 Å². The van der Waals surface area contributed by atoms with Gasteiger partial charge in [-0.1, -0.05) is 17.7 Å². The lowest BCUT2D eigenvalue weighted by atomic mass is 9.99. The zero-order valence-electron chi connectivity index (χ0n) is 10.9. The number of hydrogen-bond acceptors (Lipinski definition) is 2. The van der Waals surface area contributed by atoms with E-state index in [1.54, 1.807) is 0 Å². The van der Waals surface area contributed by atoms with Crippen molar-refractivity contribution in [1.29, 1.82) is 0 Å². The number of nitrogens with one attached hydrogen (secondary N) is 1. The average Bonchev–Trinajstić information content (AvgIpc) is 3.12. The van der Waals surface area contributed by atoms with E-state index in [2.05, 4.69) is 35.3 Å². The molecule has 0 spiro atoms. The lowest BCUT2D eigenvalue weighted by Crippen LogP contribution is -2.40. The van der Waals surface area contributed by atoms with E-state index in [1.807, 2.05) is 0 Å². The fourth-order valence-electron chi connectivity index (χ4n) is 2.64. The molecule has 1 aromatic rings. The van der Waals surface area contributed by atoms with Crippen LogP contribution in [-0.4, -0.2) is 25.0 Å². The first-order valence-electron chi connectivity index (χ1n) is 6.86. The van der Waals surface area contributed by atoms with Gasteiger partial charge in [0.2, 0.25) is 5.91 Å². The zero-order chi connectivity index (χ0) is 12.5. The summed E-state index contributed by atoms with van der Waals surface area (Å²) in [6, 6.07) is 7.00. The highest BCUT2D eigenvalue weighted by Gasteiger charge is 2.25. The van der Waals surface area contributed by atoms with E-state index >= 15 is 0 Å². The molecule has 0 atom stereocenters. The highest BCUT2D eigenvalue weighted by atomic mass is 16.2. The van der Waals surface area contributed by atoms with E-state index in [-0.39, 0.29) is 5.91 Å². The number of benzene rings is 1. The van der Waals surface area contributed by atoms with Crippen LogP contribution >= 0.6 is 0 Å². The molecule has 3 nitrogen and oxygen atoms in total. The van der Waals surface area contributed by atoms with Crippen molar-refractivity contribution in [2.45, 2.75) is 38.6 Å². The molecular formula is C15H20N2O. The number of hydrogen-bond donors (Lipinski definition) is 1. The zero-order valence-corrected chi connectivity index (χ0v) is 10.9. The largest absolute Gasteiger partial charge is 0.362 e. The number of nitrogens with zero attached hydrogens (tertiary/aromatic N) is 1. The second-order valence-electron chi connectivity index (χ2n) is 5.50. The van der Waals surface area contributed by atoms with Crippen LogP contribution < -0.4 is 10.2 Å². The van der Waals surface area contributed by atoms with Gasteiger partial charge >= 0.3 is 0 Å². The number of fused-ring (bicyclic) bond motifs is 1. The lowest BCUT2D eigenvalue weighted by Gasteiger charge is -2.31. The first-order chi connectivity index (χ1) is 8.72. The molecule has 1 aliphatic carbocycles. The second-order valence-corrected chi connectivity index (χ2v) is 5.50. The summed E-state index contributed by atoms with van der Waals surface area (Å²) in [7, 11) is 0. The highest BCUT2D eigenvalue weighted by Crippen LogP contribution is 2.27. The monoisotopic (exact) mass is 244 g/mol. The molecule has 3 rings (SSSR count). The minimum atomic E-state index is 0.172. The van der Waals surface area contributed by atoms with E-state index in [4.69, 9.17) is 0 Å². The van der Waals surface area contributed by atoms with Gasteiger partial charge < -0.3 is 10.2 Å². The van der Waals surface area contributed by atoms with Crippen molar-refractivity contribution in [1.82, 2.24) is 5.32 Å². The minimum Gasteiger partial charge on any atom is -0.362 e. The van der Waals surface area contributed by atoms with E-state index in [0.717, 1.165) is 32.2 Å². The van der Waals surface area contributed by atoms with Crippen LogP contribution in [0.3, 0.4) is 0 Å². The summed E-state index contributed by atoms with van der Waals surface area (Å²) in [5, 5.41) is 3.06. The van der Waals surface area contributed by atoms with Gasteiger partial charge in [-0.25, -0.2) is 0 Å². The van der Waals surface area contributed by atoms with Gasteiger partial charge in [-0.2, -0.15) is 0 Å². The maximum Gasteiger partial charge on any atom is 0.239 e. The summed E-state index contributed by atoms with van der Waals surface area (Å²) < 4.78 is 0. The Morgan fingerprint density at radius 1 is 1.44 bits per heavy atom. The third-order valence-corrected chi connectivity index (χ3v) is 3.73. The molecule has 3 heteroatoms. The Morgan fingerprint density at radius 3 is 3.06 bits per heavy atom. The fourth-order valence-corrected chi connectivity index (χ4v) is 2.64. The molecule has 0 bridgehead atoms. The Morgan fingerprint density at radius 2 is 2.28 bits per heavy atom. The van der Waals surface area contributed by atoms with Crippen molar-refractivity contribution in [2.75, 3.05) is 18.0 Å². The van der Waals surface area contributed by atoms with Gasteiger partial charge in [-0.3, -0.25) is 4.79 Å². The predicted octanol–water partition coefficient (Wildman–Crippen LogP) is 2.03. The molecule has 0 unspecified atom stereocenters. The SMILES string of the molecule is Cc1ccc2c(c1)CCCN2CC(=O)NC1CC1. The van der Waals surface area contributed by atoms with Crippen LogP contribution in [0.4, 0.5) is 5.69 Å². The third-order valence-electron chi connectivity index (χ3n) is 3.73. The van der Waals surface area contributed by atoms with E-state index < -0.39 is 0 Å². The van der Waals surface area contributed by atoms with E-state index in [9.17, 15) is 4.79 Å². The fraction of sp³-hybridized carbons (Fsp3) is 0.533. The van der Waals surface area contributed by atoms with Gasteiger partial charge in [0, 0.05) is 18.3 Å². The van der Waals surface area contributed by atoms with Crippen molar-refractivity contribution in [3.8, 4) is 0 Å². The molecule has 18 heavy (non-hydrogen) atoms. The lowest BCUT2D eigenvalue weighted by molar-refractivity contribution is -0.119. The summed E-state index contributed by atoms with van der Waals surface area (Å²) in [6.07, 6.45) is 4.59. The number of carbonyl (C=O) groups excluding carboxylic acids is 1. The predicted molar refractivity (Wildman–Crippen MR) is 72.9 cm³/mol. The number of amides is 1. The molecule has 1 heterocycles. The molecule has 1 aromatic carbocycles. The molecule has 1 fully saturated rings. The Hall–Kier alpha value is -1.51. The first-order valence-corrected chi connectivity index (χ1v) is 6.86. The molecule has 1 N–H and O–H groups in total. The van der Waals surface area contributed by atoms with Gasteiger partial charge in [-0.05, 0) is 44.2 Å². The van der Waals surface area contributed by atoms with E-state index in [0.29, 0.717) is 12.6 Å². The summed E-state index contributed by atoms with van der Waals surface area (Å²) in [6.45, 7) is 3.62. The number of carbonyl (C=O) groups is 1. The standard InChI is InChI=1S/C15H20N2O/c1-11-4-7-14-12(9-11)3-2-8-17(14)10-15(18)16-13-5-6-13/h4,7,9,13H,2-3,5-6,8,10H2,1H3,(H,16,18). The second kappa shape index (κ2) is 4.63. The molecule has 0 radical (unpaired) electrons. The van der Waals surface area contributed by atoms with Gasteiger partial charge in [0.05, 0.1) is 6.54 Å². The Kier molecular flexibility index (Phi) is 2.98. The summed E-state index contributed by atoms with van der Waals surface area (Å²) in [5.74, 6) is 0.172.